The monoisotopic (exact) mass is 738 g/mol. The van der Waals surface area contributed by atoms with Crippen molar-refractivity contribution in [2.45, 2.75) is 10.8 Å². The Balaban J connectivity index is 1.11. The summed E-state index contributed by atoms with van der Waals surface area (Å²) in [5, 5.41) is 0. The van der Waals surface area contributed by atoms with Crippen LogP contribution in [0.1, 0.15) is 76.4 Å². The van der Waals surface area contributed by atoms with E-state index in [-0.39, 0.29) is 11.6 Å². The maximum atomic E-state index is 13.9. The van der Waals surface area contributed by atoms with Crippen molar-refractivity contribution in [3.05, 3.63) is 273 Å². The standard InChI is InChI=1S/C56H34O2/c57-53-45-19-7-11-23-49(45)55(50-24-12-8-20-46(50)53,37-35-39-15-3-1-4-16-39)43-31-27-41(28-32-43)42-29-33-44(34-30-42)56(38-36-40-17-5-2-6-18-40)51-25-13-9-21-47(51)54(58)48-22-10-14-26-52(48)56/h1-34H. The maximum Gasteiger partial charge on any atom is 0.193 e. The topological polar surface area (TPSA) is 34.1 Å². The summed E-state index contributed by atoms with van der Waals surface area (Å²) < 4.78 is 0. The largest absolute Gasteiger partial charge is 0.289 e. The Kier molecular flexibility index (Phi) is 8.41. The Bertz CT molecular complexity index is 2710. The van der Waals surface area contributed by atoms with Crippen LogP contribution < -0.4 is 0 Å². The first-order valence-corrected chi connectivity index (χ1v) is 19.4. The van der Waals surface area contributed by atoms with Gasteiger partial charge in [-0.15, -0.1) is 0 Å². The van der Waals surface area contributed by atoms with Gasteiger partial charge in [0.15, 0.2) is 11.6 Å². The molecule has 0 atom stereocenters. The highest BCUT2D eigenvalue weighted by Gasteiger charge is 2.45. The van der Waals surface area contributed by atoms with Gasteiger partial charge in [0.05, 0.1) is 0 Å². The zero-order valence-corrected chi connectivity index (χ0v) is 31.4. The van der Waals surface area contributed by atoms with Crippen molar-refractivity contribution >= 4 is 11.6 Å². The molecule has 0 unspecified atom stereocenters. The van der Waals surface area contributed by atoms with Gasteiger partial charge < -0.3 is 0 Å². The molecule has 8 aromatic rings. The second-order valence-electron chi connectivity index (χ2n) is 14.7. The molecule has 0 saturated carbocycles. The second kappa shape index (κ2) is 14.1. The summed E-state index contributed by atoms with van der Waals surface area (Å²) in [5.41, 5.74) is 10.3. The maximum absolute atomic E-state index is 13.9. The van der Waals surface area contributed by atoms with E-state index in [1.165, 1.54) is 0 Å². The minimum atomic E-state index is -0.887. The molecule has 0 amide bonds. The Labute approximate surface area is 338 Å². The number of ketones is 2. The van der Waals surface area contributed by atoms with Crippen LogP contribution in [0.2, 0.25) is 0 Å². The predicted octanol–water partition coefficient (Wildman–Crippen LogP) is 11.2. The van der Waals surface area contributed by atoms with E-state index in [0.717, 1.165) is 55.6 Å². The van der Waals surface area contributed by atoms with Crippen LogP contribution in [-0.2, 0) is 10.8 Å². The molecule has 2 nitrogen and oxygen atoms in total. The lowest BCUT2D eigenvalue weighted by Gasteiger charge is -2.37. The molecule has 0 N–H and O–H groups in total. The fraction of sp³-hybridized carbons (Fsp3) is 0.0357. The molecule has 2 aliphatic rings. The van der Waals surface area contributed by atoms with Crippen LogP contribution in [0.25, 0.3) is 11.1 Å². The third kappa shape index (κ3) is 5.47. The summed E-state index contributed by atoms with van der Waals surface area (Å²) >= 11 is 0. The van der Waals surface area contributed by atoms with Crippen LogP contribution in [0, 0.1) is 23.7 Å². The fourth-order valence-corrected chi connectivity index (χ4v) is 8.85. The van der Waals surface area contributed by atoms with Crippen molar-refractivity contribution in [2.24, 2.45) is 0 Å². The van der Waals surface area contributed by atoms with E-state index < -0.39 is 10.8 Å². The van der Waals surface area contributed by atoms with Gasteiger partial charge in [0, 0.05) is 33.4 Å². The highest BCUT2D eigenvalue weighted by Crippen LogP contribution is 2.48. The predicted molar refractivity (Wildman–Crippen MR) is 231 cm³/mol. The van der Waals surface area contributed by atoms with Gasteiger partial charge >= 0.3 is 0 Å². The second-order valence-corrected chi connectivity index (χ2v) is 14.7. The van der Waals surface area contributed by atoms with E-state index in [0.29, 0.717) is 22.3 Å². The molecule has 0 aromatic heterocycles. The summed E-state index contributed by atoms with van der Waals surface area (Å²) in [7, 11) is 0. The van der Waals surface area contributed by atoms with Crippen molar-refractivity contribution < 1.29 is 9.59 Å². The zero-order valence-electron chi connectivity index (χ0n) is 31.4. The lowest BCUT2D eigenvalue weighted by atomic mass is 9.62. The third-order valence-corrected chi connectivity index (χ3v) is 11.6. The number of carbonyl (C=O) groups is 2. The summed E-state index contributed by atoms with van der Waals surface area (Å²) in [6, 6.07) is 68.7. The van der Waals surface area contributed by atoms with E-state index in [2.05, 4.69) is 72.2 Å². The molecular formula is C56H34O2. The van der Waals surface area contributed by atoms with Crippen molar-refractivity contribution in [1.82, 2.24) is 0 Å². The van der Waals surface area contributed by atoms with Crippen LogP contribution in [0.15, 0.2) is 206 Å². The van der Waals surface area contributed by atoms with E-state index in [1.54, 1.807) is 0 Å². The Morgan fingerprint density at radius 2 is 0.569 bits per heavy atom. The Morgan fingerprint density at radius 1 is 0.293 bits per heavy atom. The summed E-state index contributed by atoms with van der Waals surface area (Å²) in [5.74, 6) is 14.4. The van der Waals surface area contributed by atoms with Gasteiger partial charge in [0.2, 0.25) is 0 Å². The van der Waals surface area contributed by atoms with Gasteiger partial charge in [-0.05, 0) is 68.8 Å². The van der Waals surface area contributed by atoms with Crippen molar-refractivity contribution in [3.63, 3.8) is 0 Å². The average Bonchev–Trinajstić information content (AvgIpc) is 3.30. The van der Waals surface area contributed by atoms with E-state index >= 15 is 0 Å². The molecule has 270 valence electrons. The SMILES string of the molecule is O=C1c2ccccc2C(C#Cc2ccccc2)(c2ccc(-c3ccc(C4(C#Cc5ccccc5)c5ccccc5C(=O)c5ccccc54)cc3)cc2)c2ccccc21. The summed E-state index contributed by atoms with van der Waals surface area (Å²) in [6.45, 7) is 0. The molecule has 0 spiro atoms. The summed E-state index contributed by atoms with van der Waals surface area (Å²) in [6.07, 6.45) is 0. The molecule has 2 aliphatic carbocycles. The van der Waals surface area contributed by atoms with Crippen molar-refractivity contribution in [2.75, 3.05) is 0 Å². The van der Waals surface area contributed by atoms with Crippen LogP contribution in [0.5, 0.6) is 0 Å². The highest BCUT2D eigenvalue weighted by atomic mass is 16.1. The molecule has 2 heteroatoms. The van der Waals surface area contributed by atoms with Gasteiger partial charge in [-0.2, -0.15) is 0 Å². The molecule has 0 fully saturated rings. The van der Waals surface area contributed by atoms with E-state index in [4.69, 9.17) is 0 Å². The first-order valence-electron chi connectivity index (χ1n) is 19.4. The Hall–Kier alpha value is -7.78. The zero-order chi connectivity index (χ0) is 39.1. The van der Waals surface area contributed by atoms with Crippen molar-refractivity contribution in [1.29, 1.82) is 0 Å². The molecule has 8 aromatic carbocycles. The Morgan fingerprint density at radius 3 is 0.879 bits per heavy atom. The lowest BCUT2D eigenvalue weighted by Crippen LogP contribution is -2.36. The van der Waals surface area contributed by atoms with Gasteiger partial charge in [0.1, 0.15) is 10.8 Å². The highest BCUT2D eigenvalue weighted by molar-refractivity contribution is 6.15. The quantitative estimate of drug-likeness (QED) is 0.169. The number of carbonyl (C=O) groups excluding carboxylic acids is 2. The molecule has 0 aliphatic heterocycles. The number of rotatable bonds is 3. The molecule has 58 heavy (non-hydrogen) atoms. The minimum absolute atomic E-state index is 0.0128. The van der Waals surface area contributed by atoms with Gasteiger partial charge in [-0.3, -0.25) is 9.59 Å². The molecule has 0 heterocycles. The third-order valence-electron chi connectivity index (χ3n) is 11.6. The van der Waals surface area contributed by atoms with Gasteiger partial charge in [-0.1, -0.05) is 206 Å². The lowest BCUT2D eigenvalue weighted by molar-refractivity contribution is 0.102. The van der Waals surface area contributed by atoms with E-state index in [1.807, 2.05) is 158 Å². The first-order chi connectivity index (χ1) is 28.6. The molecule has 0 saturated heterocycles. The normalized spacial score (nSPS) is 13.9. The number of hydrogen-bond donors (Lipinski definition) is 0. The molecule has 0 radical (unpaired) electrons. The van der Waals surface area contributed by atoms with Gasteiger partial charge in [0.25, 0.3) is 0 Å². The fourth-order valence-electron chi connectivity index (χ4n) is 8.85. The van der Waals surface area contributed by atoms with Crippen LogP contribution in [0.3, 0.4) is 0 Å². The van der Waals surface area contributed by atoms with Crippen LogP contribution in [-0.4, -0.2) is 11.6 Å². The van der Waals surface area contributed by atoms with Gasteiger partial charge in [-0.25, -0.2) is 0 Å². The van der Waals surface area contributed by atoms with E-state index in [9.17, 15) is 9.59 Å². The average molecular weight is 739 g/mol. The van der Waals surface area contributed by atoms with Crippen LogP contribution in [0.4, 0.5) is 0 Å². The first kappa shape index (κ1) is 34.7. The summed E-state index contributed by atoms with van der Waals surface area (Å²) in [4.78, 5) is 27.8. The smallest absolute Gasteiger partial charge is 0.193 e. The number of benzene rings is 8. The number of hydrogen-bond acceptors (Lipinski definition) is 2. The minimum Gasteiger partial charge on any atom is -0.289 e. The molecule has 10 rings (SSSR count). The van der Waals surface area contributed by atoms with Crippen molar-refractivity contribution in [3.8, 4) is 34.8 Å². The molecular weight excluding hydrogens is 705 g/mol. The van der Waals surface area contributed by atoms with Crippen LogP contribution >= 0.6 is 0 Å². The molecule has 0 bridgehead atoms. The number of fused-ring (bicyclic) bond motifs is 4.